The second-order valence-electron chi connectivity index (χ2n) is 7.62. The highest BCUT2D eigenvalue weighted by Crippen LogP contribution is 2.26. The molecule has 0 aromatic carbocycles. The van der Waals surface area contributed by atoms with Gasteiger partial charge >= 0.3 is 6.03 Å². The number of piperidine rings is 1. The molecule has 0 spiro atoms. The normalized spacial score (nSPS) is 24.8. The zero-order valence-electron chi connectivity index (χ0n) is 14.1. The molecule has 0 bridgehead atoms. The van der Waals surface area contributed by atoms with Crippen LogP contribution in [0.3, 0.4) is 0 Å². The van der Waals surface area contributed by atoms with Crippen molar-refractivity contribution in [3.8, 4) is 0 Å². The monoisotopic (exact) mass is 283 g/mol. The van der Waals surface area contributed by atoms with Crippen LogP contribution < -0.4 is 10.6 Å². The molecule has 1 saturated heterocycles. The largest absolute Gasteiger partial charge is 0.338 e. The van der Waals surface area contributed by atoms with Gasteiger partial charge in [-0.2, -0.15) is 0 Å². The molecule has 4 heteroatoms. The minimum absolute atomic E-state index is 0.0120. The Morgan fingerprint density at radius 1 is 1.20 bits per heavy atom. The van der Waals surface area contributed by atoms with E-state index in [0.29, 0.717) is 12.5 Å². The predicted octanol–water partition coefficient (Wildman–Crippen LogP) is 2.70. The molecule has 2 atom stereocenters. The minimum Gasteiger partial charge on any atom is -0.338 e. The van der Waals surface area contributed by atoms with E-state index in [4.69, 9.17) is 0 Å². The lowest BCUT2D eigenvalue weighted by atomic mass is 9.88. The first kappa shape index (κ1) is 17.3. The Labute approximate surface area is 124 Å². The molecule has 2 unspecified atom stereocenters. The maximum absolute atomic E-state index is 11.8. The fourth-order valence-corrected chi connectivity index (χ4v) is 2.92. The van der Waals surface area contributed by atoms with E-state index in [9.17, 15) is 4.79 Å². The predicted molar refractivity (Wildman–Crippen MR) is 84.8 cm³/mol. The highest BCUT2D eigenvalue weighted by atomic mass is 16.2. The van der Waals surface area contributed by atoms with Gasteiger partial charge in [0.05, 0.1) is 0 Å². The first-order chi connectivity index (χ1) is 9.20. The standard InChI is InChI=1S/C16H33N3O/c1-12(2)8-17-15(20)18-11-16(5,6)19-9-13(3)7-14(4)10-19/h12-14H,7-11H2,1-6H3,(H2,17,18,20). The Morgan fingerprint density at radius 2 is 1.75 bits per heavy atom. The number of likely N-dealkylation sites (tertiary alicyclic amines) is 1. The maximum Gasteiger partial charge on any atom is 0.314 e. The number of hydrogen-bond donors (Lipinski definition) is 2. The lowest BCUT2D eigenvalue weighted by Crippen LogP contribution is -2.57. The number of nitrogens with zero attached hydrogens (tertiary/aromatic N) is 1. The fraction of sp³-hybridized carbons (Fsp3) is 0.938. The van der Waals surface area contributed by atoms with Crippen LogP contribution in [0.25, 0.3) is 0 Å². The van der Waals surface area contributed by atoms with E-state index in [1.54, 1.807) is 0 Å². The molecule has 1 rings (SSSR count). The summed E-state index contributed by atoms with van der Waals surface area (Å²) in [6, 6.07) is -0.0510. The van der Waals surface area contributed by atoms with Crippen molar-refractivity contribution in [3.63, 3.8) is 0 Å². The van der Waals surface area contributed by atoms with Crippen LogP contribution in [0.2, 0.25) is 0 Å². The summed E-state index contributed by atoms with van der Waals surface area (Å²) in [4.78, 5) is 14.3. The van der Waals surface area contributed by atoms with Gasteiger partial charge in [-0.3, -0.25) is 4.90 Å². The molecule has 0 aromatic rings. The fourth-order valence-electron chi connectivity index (χ4n) is 2.92. The Hall–Kier alpha value is -0.770. The van der Waals surface area contributed by atoms with E-state index >= 15 is 0 Å². The molecule has 2 amide bonds. The Bertz CT molecular complexity index is 305. The van der Waals surface area contributed by atoms with Gasteiger partial charge in [0.2, 0.25) is 0 Å². The lowest BCUT2D eigenvalue weighted by Gasteiger charge is -2.45. The van der Waals surface area contributed by atoms with E-state index in [0.717, 1.165) is 31.5 Å². The number of urea groups is 1. The Kier molecular flexibility index (Phi) is 6.31. The molecule has 20 heavy (non-hydrogen) atoms. The summed E-state index contributed by atoms with van der Waals surface area (Å²) in [5, 5.41) is 5.92. The number of carbonyl (C=O) groups is 1. The van der Waals surface area contributed by atoms with E-state index in [-0.39, 0.29) is 11.6 Å². The van der Waals surface area contributed by atoms with Crippen LogP contribution in [0.1, 0.15) is 48.0 Å². The zero-order chi connectivity index (χ0) is 15.3. The number of amides is 2. The molecule has 1 aliphatic rings. The highest BCUT2D eigenvalue weighted by Gasteiger charge is 2.32. The van der Waals surface area contributed by atoms with Crippen LogP contribution in [-0.4, -0.2) is 42.6 Å². The van der Waals surface area contributed by atoms with Crippen molar-refractivity contribution >= 4 is 6.03 Å². The van der Waals surface area contributed by atoms with Gasteiger partial charge in [-0.1, -0.05) is 27.7 Å². The summed E-state index contributed by atoms with van der Waals surface area (Å²) in [5.74, 6) is 1.97. The maximum atomic E-state index is 11.8. The third-order valence-corrected chi connectivity index (χ3v) is 4.08. The van der Waals surface area contributed by atoms with E-state index in [1.165, 1.54) is 6.42 Å². The van der Waals surface area contributed by atoms with Gasteiger partial charge in [0.25, 0.3) is 0 Å². The summed E-state index contributed by atoms with van der Waals surface area (Å²) < 4.78 is 0. The quantitative estimate of drug-likeness (QED) is 0.815. The first-order valence-corrected chi connectivity index (χ1v) is 7.97. The molecule has 0 saturated carbocycles. The summed E-state index contributed by atoms with van der Waals surface area (Å²) >= 11 is 0. The second-order valence-corrected chi connectivity index (χ2v) is 7.62. The Balaban J connectivity index is 2.42. The van der Waals surface area contributed by atoms with Crippen molar-refractivity contribution < 1.29 is 4.79 Å². The molecular weight excluding hydrogens is 250 g/mol. The van der Waals surface area contributed by atoms with Crippen molar-refractivity contribution in [3.05, 3.63) is 0 Å². The zero-order valence-corrected chi connectivity index (χ0v) is 14.1. The van der Waals surface area contributed by atoms with Gasteiger partial charge in [0, 0.05) is 31.7 Å². The number of rotatable bonds is 5. The third kappa shape index (κ3) is 5.70. The summed E-state index contributed by atoms with van der Waals surface area (Å²) in [5.41, 5.74) is 0.0120. The van der Waals surface area contributed by atoms with Gasteiger partial charge in [0.1, 0.15) is 0 Å². The number of hydrogen-bond acceptors (Lipinski definition) is 2. The van der Waals surface area contributed by atoms with Crippen molar-refractivity contribution in [1.82, 2.24) is 15.5 Å². The highest BCUT2D eigenvalue weighted by molar-refractivity contribution is 5.73. The number of carbonyl (C=O) groups excluding carboxylic acids is 1. The van der Waals surface area contributed by atoms with Gasteiger partial charge in [0.15, 0.2) is 0 Å². The molecule has 1 heterocycles. The number of nitrogens with one attached hydrogen (secondary N) is 2. The van der Waals surface area contributed by atoms with Gasteiger partial charge in [-0.25, -0.2) is 4.79 Å². The second kappa shape index (κ2) is 7.30. The van der Waals surface area contributed by atoms with Crippen molar-refractivity contribution in [2.45, 2.75) is 53.5 Å². The molecular formula is C16H33N3O. The molecule has 1 aliphatic heterocycles. The summed E-state index contributed by atoms with van der Waals surface area (Å²) in [6.45, 7) is 17.0. The van der Waals surface area contributed by atoms with E-state index in [1.807, 2.05) is 0 Å². The summed E-state index contributed by atoms with van der Waals surface area (Å²) in [6.07, 6.45) is 1.31. The van der Waals surface area contributed by atoms with Gasteiger partial charge in [-0.05, 0) is 38.0 Å². The molecule has 0 aromatic heterocycles. The first-order valence-electron chi connectivity index (χ1n) is 7.97. The smallest absolute Gasteiger partial charge is 0.314 e. The topological polar surface area (TPSA) is 44.4 Å². The van der Waals surface area contributed by atoms with Gasteiger partial charge < -0.3 is 10.6 Å². The molecule has 0 radical (unpaired) electrons. The average Bonchev–Trinajstić information content (AvgIpc) is 2.32. The van der Waals surface area contributed by atoms with Crippen LogP contribution in [0.5, 0.6) is 0 Å². The minimum atomic E-state index is -0.0510. The Morgan fingerprint density at radius 3 is 2.25 bits per heavy atom. The molecule has 1 fully saturated rings. The third-order valence-electron chi connectivity index (χ3n) is 4.08. The molecule has 118 valence electrons. The van der Waals surface area contributed by atoms with Crippen LogP contribution in [-0.2, 0) is 0 Å². The van der Waals surface area contributed by atoms with Crippen LogP contribution >= 0.6 is 0 Å². The van der Waals surface area contributed by atoms with Crippen molar-refractivity contribution in [1.29, 1.82) is 0 Å². The summed E-state index contributed by atoms with van der Waals surface area (Å²) in [7, 11) is 0. The SMILES string of the molecule is CC(C)CNC(=O)NCC(C)(C)N1CC(C)CC(C)C1. The van der Waals surface area contributed by atoms with Crippen LogP contribution in [0.15, 0.2) is 0 Å². The molecule has 2 N–H and O–H groups in total. The van der Waals surface area contributed by atoms with Crippen LogP contribution in [0, 0.1) is 17.8 Å². The lowest BCUT2D eigenvalue weighted by molar-refractivity contribution is 0.0472. The van der Waals surface area contributed by atoms with Gasteiger partial charge in [-0.15, -0.1) is 0 Å². The van der Waals surface area contributed by atoms with Crippen molar-refractivity contribution in [2.75, 3.05) is 26.2 Å². The van der Waals surface area contributed by atoms with E-state index < -0.39 is 0 Å². The van der Waals surface area contributed by atoms with Crippen LogP contribution in [0.4, 0.5) is 4.79 Å². The van der Waals surface area contributed by atoms with E-state index in [2.05, 4.69) is 57.1 Å². The average molecular weight is 283 g/mol. The molecule has 0 aliphatic carbocycles. The molecule has 4 nitrogen and oxygen atoms in total. The van der Waals surface area contributed by atoms with Crippen molar-refractivity contribution in [2.24, 2.45) is 17.8 Å².